The van der Waals surface area contributed by atoms with Gasteiger partial charge in [0.25, 0.3) is 10.0 Å². The number of rotatable bonds is 12. The molecule has 2 amide bonds. The van der Waals surface area contributed by atoms with E-state index in [1.807, 2.05) is 61.5 Å². The van der Waals surface area contributed by atoms with Crippen molar-refractivity contribution in [3.05, 3.63) is 120 Å². The van der Waals surface area contributed by atoms with Gasteiger partial charge in [-0.1, -0.05) is 79.1 Å². The summed E-state index contributed by atoms with van der Waals surface area (Å²) in [5, 5.41) is 3.10. The highest BCUT2D eigenvalue weighted by atomic mass is 32.2. The molecule has 1 aliphatic rings. The number of sulfonamides is 1. The first-order valence-electron chi connectivity index (χ1n) is 15.3. The topological polar surface area (TPSA) is 96.0 Å². The van der Waals surface area contributed by atoms with Gasteiger partial charge in [-0.2, -0.15) is 0 Å². The molecule has 4 aromatic rings. The van der Waals surface area contributed by atoms with Crippen molar-refractivity contribution in [2.75, 3.05) is 10.8 Å². The normalized spacial score (nSPS) is 14.0. The molecule has 1 aliphatic carbocycles. The molecule has 9 heteroatoms. The van der Waals surface area contributed by atoms with E-state index >= 15 is 0 Å². The smallest absolute Gasteiger partial charge is 0.264 e. The highest BCUT2D eigenvalue weighted by Gasteiger charge is 2.33. The van der Waals surface area contributed by atoms with Crippen LogP contribution in [0.25, 0.3) is 0 Å². The number of amides is 2. The van der Waals surface area contributed by atoms with Gasteiger partial charge in [0.2, 0.25) is 11.8 Å². The number of para-hydroxylation sites is 1. The molecule has 0 unspecified atom stereocenters. The lowest BCUT2D eigenvalue weighted by molar-refractivity contribution is -0.139. The quantitative estimate of drug-likeness (QED) is 0.195. The number of nitrogens with zero attached hydrogens (tertiary/aromatic N) is 2. The van der Waals surface area contributed by atoms with Crippen LogP contribution in [0.3, 0.4) is 0 Å². The summed E-state index contributed by atoms with van der Waals surface area (Å²) in [6, 6.07) is 30.9. The Morgan fingerprint density at radius 3 is 2.02 bits per heavy atom. The van der Waals surface area contributed by atoms with Crippen molar-refractivity contribution in [1.82, 2.24) is 10.2 Å². The molecule has 234 valence electrons. The molecule has 0 bridgehead atoms. The molecule has 0 aromatic heterocycles. The van der Waals surface area contributed by atoms with Crippen molar-refractivity contribution in [3.63, 3.8) is 0 Å². The van der Waals surface area contributed by atoms with Gasteiger partial charge < -0.3 is 15.0 Å². The van der Waals surface area contributed by atoms with E-state index in [0.29, 0.717) is 17.2 Å². The van der Waals surface area contributed by atoms with Crippen LogP contribution >= 0.6 is 0 Å². The Balaban J connectivity index is 1.45. The molecule has 0 radical (unpaired) electrons. The van der Waals surface area contributed by atoms with Crippen LogP contribution in [0, 0.1) is 6.92 Å². The number of carbonyl (C=O) groups is 2. The lowest BCUT2D eigenvalue weighted by Gasteiger charge is -2.32. The maximum absolute atomic E-state index is 14.2. The second kappa shape index (κ2) is 14.4. The van der Waals surface area contributed by atoms with Crippen molar-refractivity contribution in [2.45, 2.75) is 63.1 Å². The predicted octanol–water partition coefficient (Wildman–Crippen LogP) is 6.46. The Kier molecular flexibility index (Phi) is 10.2. The van der Waals surface area contributed by atoms with E-state index in [4.69, 9.17) is 4.74 Å². The lowest BCUT2D eigenvalue weighted by Crippen LogP contribution is -2.52. The molecule has 1 fully saturated rings. The van der Waals surface area contributed by atoms with Gasteiger partial charge in [-0.15, -0.1) is 0 Å². The SMILES string of the molecule is Cc1ccc(CN(C(=O)CN(c2ccc(Oc3ccccc3)cc2)S(=O)(=O)c2ccccc2)[C@H](C)C(=O)NC2CCCC2)cc1. The van der Waals surface area contributed by atoms with Gasteiger partial charge >= 0.3 is 0 Å². The fourth-order valence-electron chi connectivity index (χ4n) is 5.42. The van der Waals surface area contributed by atoms with E-state index in [0.717, 1.165) is 41.1 Å². The molecule has 8 nitrogen and oxygen atoms in total. The van der Waals surface area contributed by atoms with Crippen molar-refractivity contribution in [2.24, 2.45) is 0 Å². The van der Waals surface area contributed by atoms with E-state index < -0.39 is 28.5 Å². The van der Waals surface area contributed by atoms with Crippen LogP contribution in [0.2, 0.25) is 0 Å². The number of hydrogen-bond donors (Lipinski definition) is 1. The Morgan fingerprint density at radius 2 is 1.40 bits per heavy atom. The summed E-state index contributed by atoms with van der Waals surface area (Å²) in [6.07, 6.45) is 3.95. The number of aryl methyl sites for hydroxylation is 1. The molecule has 0 aliphatic heterocycles. The van der Waals surface area contributed by atoms with E-state index in [-0.39, 0.29) is 23.4 Å². The number of nitrogens with one attached hydrogen (secondary N) is 1. The number of anilines is 1. The van der Waals surface area contributed by atoms with Gasteiger partial charge in [-0.25, -0.2) is 8.42 Å². The first-order valence-corrected chi connectivity index (χ1v) is 16.7. The first kappa shape index (κ1) is 31.8. The van der Waals surface area contributed by atoms with Crippen LogP contribution < -0.4 is 14.4 Å². The third kappa shape index (κ3) is 8.10. The van der Waals surface area contributed by atoms with Crippen molar-refractivity contribution in [3.8, 4) is 11.5 Å². The summed E-state index contributed by atoms with van der Waals surface area (Å²) in [5.41, 5.74) is 2.21. The third-order valence-corrected chi connectivity index (χ3v) is 9.84. The average molecular weight is 626 g/mol. The second-order valence-corrected chi connectivity index (χ2v) is 13.3. The van der Waals surface area contributed by atoms with E-state index in [1.54, 1.807) is 49.4 Å². The average Bonchev–Trinajstić information content (AvgIpc) is 3.57. The fraction of sp³-hybridized carbons (Fsp3) is 0.278. The Labute approximate surface area is 265 Å². The number of hydrogen-bond acceptors (Lipinski definition) is 5. The minimum atomic E-state index is -4.15. The third-order valence-electron chi connectivity index (χ3n) is 8.06. The molecule has 0 saturated heterocycles. The molecular formula is C36H39N3O5S. The van der Waals surface area contributed by atoms with Crippen molar-refractivity contribution in [1.29, 1.82) is 0 Å². The van der Waals surface area contributed by atoms with Gasteiger partial charge in [0.1, 0.15) is 24.1 Å². The highest BCUT2D eigenvalue weighted by molar-refractivity contribution is 7.92. The van der Waals surface area contributed by atoms with Crippen LogP contribution in [0.5, 0.6) is 11.5 Å². The molecule has 5 rings (SSSR count). The molecule has 1 N–H and O–H groups in total. The zero-order valence-corrected chi connectivity index (χ0v) is 26.5. The van der Waals surface area contributed by atoms with Crippen molar-refractivity contribution >= 4 is 27.5 Å². The lowest BCUT2D eigenvalue weighted by atomic mass is 10.1. The Hall–Kier alpha value is -4.63. The summed E-state index contributed by atoms with van der Waals surface area (Å²) in [5.74, 6) is 0.424. The van der Waals surface area contributed by atoms with Crippen LogP contribution in [0.15, 0.2) is 114 Å². The first-order chi connectivity index (χ1) is 21.7. The second-order valence-electron chi connectivity index (χ2n) is 11.4. The summed E-state index contributed by atoms with van der Waals surface area (Å²) in [7, 11) is -4.15. The molecule has 45 heavy (non-hydrogen) atoms. The molecule has 0 heterocycles. The van der Waals surface area contributed by atoms with Crippen LogP contribution in [-0.2, 0) is 26.2 Å². The monoisotopic (exact) mass is 625 g/mol. The number of benzene rings is 4. The maximum atomic E-state index is 14.2. The van der Waals surface area contributed by atoms with Gasteiger partial charge in [0.05, 0.1) is 10.6 Å². The van der Waals surface area contributed by atoms with Crippen LogP contribution in [-0.4, -0.2) is 43.8 Å². The predicted molar refractivity (Wildman–Crippen MR) is 176 cm³/mol. The molecule has 4 aromatic carbocycles. The van der Waals surface area contributed by atoms with Crippen LogP contribution in [0.1, 0.15) is 43.7 Å². The van der Waals surface area contributed by atoms with Gasteiger partial charge in [0.15, 0.2) is 0 Å². The van der Waals surface area contributed by atoms with Crippen LogP contribution in [0.4, 0.5) is 5.69 Å². The highest BCUT2D eigenvalue weighted by Crippen LogP contribution is 2.29. The number of carbonyl (C=O) groups excluding carboxylic acids is 2. The molecule has 1 atom stereocenters. The zero-order valence-electron chi connectivity index (χ0n) is 25.6. The molecular weight excluding hydrogens is 586 g/mol. The maximum Gasteiger partial charge on any atom is 0.264 e. The van der Waals surface area contributed by atoms with Gasteiger partial charge in [-0.3, -0.25) is 13.9 Å². The van der Waals surface area contributed by atoms with Crippen molar-refractivity contribution < 1.29 is 22.7 Å². The Morgan fingerprint density at radius 1 is 0.822 bits per heavy atom. The minimum absolute atomic E-state index is 0.0551. The summed E-state index contributed by atoms with van der Waals surface area (Å²) >= 11 is 0. The zero-order chi connectivity index (χ0) is 31.8. The van der Waals surface area contributed by atoms with E-state index in [9.17, 15) is 18.0 Å². The fourth-order valence-corrected chi connectivity index (χ4v) is 6.85. The largest absolute Gasteiger partial charge is 0.457 e. The minimum Gasteiger partial charge on any atom is -0.457 e. The molecule has 0 spiro atoms. The number of ether oxygens (including phenoxy) is 1. The summed E-state index contributed by atoms with van der Waals surface area (Å²) in [6.45, 7) is 3.33. The Bertz CT molecular complexity index is 1670. The van der Waals surface area contributed by atoms with E-state index in [1.165, 1.54) is 17.0 Å². The summed E-state index contributed by atoms with van der Waals surface area (Å²) < 4.78 is 35.1. The standard InChI is InChI=1S/C36H39N3O5S/c1-27-17-19-29(20-18-27)25-38(28(2)36(41)37-30-11-9-10-12-30)35(40)26-39(45(42,43)34-15-7-4-8-16-34)31-21-23-33(24-22-31)44-32-13-5-3-6-14-32/h3-8,13-24,28,30H,9-12,25-26H2,1-2H3,(H,37,41)/t28-/m1/s1. The van der Waals surface area contributed by atoms with Gasteiger partial charge in [0, 0.05) is 12.6 Å². The summed E-state index contributed by atoms with van der Waals surface area (Å²) in [4.78, 5) is 29.1. The van der Waals surface area contributed by atoms with Gasteiger partial charge in [-0.05, 0) is 80.8 Å². The van der Waals surface area contributed by atoms with E-state index in [2.05, 4.69) is 5.32 Å². The molecule has 1 saturated carbocycles.